The van der Waals surface area contributed by atoms with E-state index in [0.717, 1.165) is 22.4 Å². The van der Waals surface area contributed by atoms with E-state index in [2.05, 4.69) is 17.6 Å². The summed E-state index contributed by atoms with van der Waals surface area (Å²) in [4.78, 5) is 4.74. The zero-order valence-electron chi connectivity index (χ0n) is 11.3. The van der Waals surface area contributed by atoms with Gasteiger partial charge in [-0.15, -0.1) is 0 Å². The first kappa shape index (κ1) is 13.2. The van der Waals surface area contributed by atoms with Crippen molar-refractivity contribution in [3.8, 4) is 11.4 Å². The molecule has 2 N–H and O–H groups in total. The van der Waals surface area contributed by atoms with Gasteiger partial charge in [0.25, 0.3) is 0 Å². The van der Waals surface area contributed by atoms with Crippen LogP contribution in [0, 0.1) is 0 Å². The van der Waals surface area contributed by atoms with Gasteiger partial charge >= 0.3 is 0 Å². The van der Waals surface area contributed by atoms with Crippen molar-refractivity contribution >= 4 is 22.6 Å². The van der Waals surface area contributed by atoms with Gasteiger partial charge in [-0.2, -0.15) is 0 Å². The van der Waals surface area contributed by atoms with Crippen LogP contribution >= 0.6 is 11.6 Å². The van der Waals surface area contributed by atoms with Gasteiger partial charge in [0.2, 0.25) is 0 Å². The number of nitrogens with two attached hydrogens (primary N) is 1. The van der Waals surface area contributed by atoms with Gasteiger partial charge in [-0.05, 0) is 31.2 Å². The van der Waals surface area contributed by atoms with Crippen molar-refractivity contribution < 1.29 is 0 Å². The first-order valence-electron chi connectivity index (χ1n) is 6.64. The molecule has 0 saturated heterocycles. The van der Waals surface area contributed by atoms with Crippen molar-refractivity contribution in [1.29, 1.82) is 0 Å². The predicted molar refractivity (Wildman–Crippen MR) is 83.9 cm³/mol. The molecule has 0 fully saturated rings. The maximum atomic E-state index is 6.32. The zero-order chi connectivity index (χ0) is 14.1. The van der Waals surface area contributed by atoms with Crippen LogP contribution in [0.4, 0.5) is 0 Å². The lowest BCUT2D eigenvalue weighted by molar-refractivity contribution is 0.579. The monoisotopic (exact) mass is 285 g/mol. The van der Waals surface area contributed by atoms with Gasteiger partial charge in [-0.3, -0.25) is 0 Å². The lowest BCUT2D eigenvalue weighted by atomic mass is 10.2. The minimum Gasteiger partial charge on any atom is -0.328 e. The van der Waals surface area contributed by atoms with Gasteiger partial charge in [-0.1, -0.05) is 35.9 Å². The Morgan fingerprint density at radius 2 is 1.85 bits per heavy atom. The summed E-state index contributed by atoms with van der Waals surface area (Å²) in [5.41, 5.74) is 8.84. The molecule has 0 spiro atoms. The van der Waals surface area contributed by atoms with Crippen LogP contribution in [0.5, 0.6) is 0 Å². The Kier molecular flexibility index (Phi) is 3.47. The number of benzene rings is 2. The molecule has 1 aromatic heterocycles. The second-order valence-electron chi connectivity index (χ2n) is 4.86. The van der Waals surface area contributed by atoms with Crippen LogP contribution in [0.25, 0.3) is 22.4 Å². The van der Waals surface area contributed by atoms with Gasteiger partial charge in [0.15, 0.2) is 0 Å². The number of nitrogens with zero attached hydrogens (tertiary/aromatic N) is 2. The molecule has 0 bridgehead atoms. The maximum absolute atomic E-state index is 6.32. The van der Waals surface area contributed by atoms with E-state index in [0.29, 0.717) is 11.6 Å². The van der Waals surface area contributed by atoms with Crippen LogP contribution in [0.2, 0.25) is 5.02 Å². The minimum absolute atomic E-state index is 0.161. The van der Waals surface area contributed by atoms with Crippen LogP contribution in [0.1, 0.15) is 13.0 Å². The van der Waals surface area contributed by atoms with Gasteiger partial charge < -0.3 is 10.3 Å². The Hall–Kier alpha value is -1.84. The van der Waals surface area contributed by atoms with E-state index in [-0.39, 0.29) is 6.04 Å². The fraction of sp³-hybridized carbons (Fsp3) is 0.188. The summed E-state index contributed by atoms with van der Waals surface area (Å²) in [5.74, 6) is 0.870. The van der Waals surface area contributed by atoms with E-state index >= 15 is 0 Å². The molecular formula is C16H16ClN3. The summed E-state index contributed by atoms with van der Waals surface area (Å²) < 4.78 is 2.16. The maximum Gasteiger partial charge on any atom is 0.142 e. The number of halogens is 1. The number of para-hydroxylation sites is 2. The number of hydrogen-bond donors (Lipinski definition) is 1. The predicted octanol–water partition coefficient (Wildman–Crippen LogP) is 3.88. The Bertz CT molecular complexity index is 748. The average Bonchev–Trinajstić information content (AvgIpc) is 2.86. The highest BCUT2D eigenvalue weighted by Crippen LogP contribution is 2.32. The molecule has 0 radical (unpaired) electrons. The first-order chi connectivity index (χ1) is 9.72. The highest BCUT2D eigenvalue weighted by molar-refractivity contribution is 6.33. The van der Waals surface area contributed by atoms with Crippen molar-refractivity contribution in [1.82, 2.24) is 9.55 Å². The Morgan fingerprint density at radius 3 is 2.60 bits per heavy atom. The van der Waals surface area contributed by atoms with E-state index in [9.17, 15) is 0 Å². The van der Waals surface area contributed by atoms with Gasteiger partial charge in [0.05, 0.1) is 16.1 Å². The molecule has 0 saturated carbocycles. The van der Waals surface area contributed by atoms with Crippen LogP contribution in [-0.4, -0.2) is 16.1 Å². The smallest absolute Gasteiger partial charge is 0.142 e. The summed E-state index contributed by atoms with van der Waals surface area (Å²) in [5, 5.41) is 0.702. The number of aromatic nitrogens is 2. The van der Waals surface area contributed by atoms with Crippen molar-refractivity contribution in [3.63, 3.8) is 0 Å². The third-order valence-corrected chi connectivity index (χ3v) is 3.82. The van der Waals surface area contributed by atoms with Crippen molar-refractivity contribution in [2.45, 2.75) is 13.0 Å². The number of imidazole rings is 1. The lowest BCUT2D eigenvalue weighted by Crippen LogP contribution is -2.16. The number of rotatable bonds is 3. The second kappa shape index (κ2) is 5.27. The van der Waals surface area contributed by atoms with E-state index in [1.165, 1.54) is 0 Å². The second-order valence-corrected chi connectivity index (χ2v) is 5.27. The zero-order valence-corrected chi connectivity index (χ0v) is 12.0. The highest BCUT2D eigenvalue weighted by Gasteiger charge is 2.17. The fourth-order valence-corrected chi connectivity index (χ4v) is 2.65. The van der Waals surface area contributed by atoms with E-state index < -0.39 is 0 Å². The molecule has 0 aliphatic carbocycles. The Balaban J connectivity index is 2.32. The topological polar surface area (TPSA) is 43.8 Å². The largest absolute Gasteiger partial charge is 0.328 e. The lowest BCUT2D eigenvalue weighted by Gasteiger charge is -2.16. The summed E-state index contributed by atoms with van der Waals surface area (Å²) in [6.45, 7) is 2.65. The van der Waals surface area contributed by atoms with Crippen LogP contribution < -0.4 is 5.73 Å². The molecule has 4 heteroatoms. The number of hydrogen-bond acceptors (Lipinski definition) is 2. The fourth-order valence-electron chi connectivity index (χ4n) is 2.43. The third kappa shape index (κ3) is 2.09. The molecule has 102 valence electrons. The Morgan fingerprint density at radius 1 is 1.15 bits per heavy atom. The standard InChI is InChI=1S/C16H16ClN3/c1-11(10-18)20-15-9-5-4-8-14(15)19-16(20)12-6-2-3-7-13(12)17/h2-9,11H,10,18H2,1H3. The summed E-state index contributed by atoms with van der Waals surface area (Å²) in [7, 11) is 0. The molecule has 0 amide bonds. The molecule has 3 aromatic rings. The van der Waals surface area contributed by atoms with Gasteiger partial charge in [-0.25, -0.2) is 4.98 Å². The van der Waals surface area contributed by atoms with Crippen LogP contribution in [-0.2, 0) is 0 Å². The van der Waals surface area contributed by atoms with Gasteiger partial charge in [0.1, 0.15) is 5.82 Å². The molecule has 1 unspecified atom stereocenters. The summed E-state index contributed by atoms with van der Waals surface area (Å²) in [6.07, 6.45) is 0. The molecule has 1 atom stereocenters. The minimum atomic E-state index is 0.161. The van der Waals surface area contributed by atoms with E-state index in [1.54, 1.807) is 0 Å². The molecular weight excluding hydrogens is 270 g/mol. The quantitative estimate of drug-likeness (QED) is 0.794. The highest BCUT2D eigenvalue weighted by atomic mass is 35.5. The van der Waals surface area contributed by atoms with Crippen molar-refractivity contribution in [3.05, 3.63) is 53.6 Å². The molecule has 3 rings (SSSR count). The van der Waals surface area contributed by atoms with Gasteiger partial charge in [0, 0.05) is 18.2 Å². The molecule has 20 heavy (non-hydrogen) atoms. The molecule has 1 heterocycles. The molecule has 0 aliphatic heterocycles. The first-order valence-corrected chi connectivity index (χ1v) is 7.02. The van der Waals surface area contributed by atoms with E-state index in [1.807, 2.05) is 42.5 Å². The molecule has 3 nitrogen and oxygen atoms in total. The third-order valence-electron chi connectivity index (χ3n) is 3.49. The van der Waals surface area contributed by atoms with E-state index in [4.69, 9.17) is 22.3 Å². The van der Waals surface area contributed by atoms with Crippen LogP contribution in [0.15, 0.2) is 48.5 Å². The van der Waals surface area contributed by atoms with Crippen molar-refractivity contribution in [2.75, 3.05) is 6.54 Å². The van der Waals surface area contributed by atoms with Crippen molar-refractivity contribution in [2.24, 2.45) is 5.73 Å². The molecule has 2 aromatic carbocycles. The number of fused-ring (bicyclic) bond motifs is 1. The normalized spacial score (nSPS) is 12.8. The SMILES string of the molecule is CC(CN)n1c(-c2ccccc2Cl)nc2ccccc21. The summed E-state index contributed by atoms with van der Waals surface area (Å²) in [6, 6.07) is 16.0. The molecule has 0 aliphatic rings. The van der Waals surface area contributed by atoms with Crippen LogP contribution in [0.3, 0.4) is 0 Å². The average molecular weight is 286 g/mol. The Labute approximate surface area is 123 Å². The summed E-state index contributed by atoms with van der Waals surface area (Å²) >= 11 is 6.32.